The Kier molecular flexibility index (Phi) is 63.2. The van der Waals surface area contributed by atoms with Crippen LogP contribution in [0, 0.1) is 5.92 Å². The van der Waals surface area contributed by atoms with E-state index in [-0.39, 0.29) is 25.7 Å². The van der Waals surface area contributed by atoms with Crippen LogP contribution in [-0.4, -0.2) is 205 Å². The van der Waals surface area contributed by atoms with Gasteiger partial charge in [0.05, 0.1) is 13.2 Å². The Bertz CT molecular complexity index is 2530. The minimum atomic E-state index is -5.81. The topological polar surface area (TPSA) is 380 Å². The summed E-state index contributed by atoms with van der Waals surface area (Å²) in [4.78, 5) is 66.4. The molecule has 0 radical (unpaired) electrons. The molecule has 26 heteroatoms. The van der Waals surface area contributed by atoms with Crippen LogP contribution in [0.3, 0.4) is 0 Å². The van der Waals surface area contributed by atoms with Crippen molar-refractivity contribution in [2.75, 3.05) is 26.4 Å². The number of carbonyl (C=O) groups is 4. The monoisotopic (exact) mass is 1680 g/mol. The summed E-state index contributed by atoms with van der Waals surface area (Å²) in [6.07, 6.45) is 26.2. The lowest BCUT2D eigenvalue weighted by Crippen LogP contribution is -2.70. The van der Waals surface area contributed by atoms with Gasteiger partial charge in [0, 0.05) is 25.7 Å². The molecule has 0 aromatic carbocycles. The highest BCUT2D eigenvalue weighted by Gasteiger charge is 2.60. The molecule has 0 amide bonds. The van der Waals surface area contributed by atoms with Gasteiger partial charge < -0.3 is 88.7 Å². The summed E-state index contributed by atoms with van der Waals surface area (Å²) in [5.41, 5.74) is 0. The van der Waals surface area contributed by atoms with Crippen molar-refractivity contribution in [1.82, 2.24) is 0 Å². The molecule has 680 valence electrons. The molecule has 25 nitrogen and oxygen atoms in total. The van der Waals surface area contributed by atoms with Gasteiger partial charge in [0.1, 0.15) is 92.6 Å². The molecule has 3 aliphatic rings. The fourth-order valence-electron chi connectivity index (χ4n) is 15.3. The number of rotatable bonds is 74. The van der Waals surface area contributed by atoms with Gasteiger partial charge in [0.15, 0.2) is 24.8 Å². The molecule has 2 saturated heterocycles. The van der Waals surface area contributed by atoms with Crippen LogP contribution in [0.5, 0.6) is 0 Å². The summed E-state index contributed by atoms with van der Waals surface area (Å²) in [7, 11) is -5.81. The van der Waals surface area contributed by atoms with Gasteiger partial charge in [-0.1, -0.05) is 309 Å². The molecular weight excluding hydrogens is 1510 g/mol. The normalized spacial score (nSPS) is 25.5. The first-order valence-electron chi connectivity index (χ1n) is 46.5. The molecule has 2 aliphatic heterocycles. The molecule has 116 heavy (non-hydrogen) atoms. The number of aliphatic hydroxyl groups excluding tert-OH is 9. The van der Waals surface area contributed by atoms with Crippen molar-refractivity contribution in [2.24, 2.45) is 5.92 Å². The number of ether oxygens (including phenoxy) is 8. The number of aliphatic hydroxyl groups is 9. The molecule has 19 unspecified atom stereocenters. The van der Waals surface area contributed by atoms with E-state index in [2.05, 4.69) is 58.9 Å². The quantitative estimate of drug-likeness (QED) is 0.00889. The number of hydrogen-bond donors (Lipinski definition) is 10. The third-order valence-electron chi connectivity index (χ3n) is 22.8. The first-order valence-corrected chi connectivity index (χ1v) is 48.0. The third kappa shape index (κ3) is 48.7. The Balaban J connectivity index is 1.93. The molecule has 0 spiro atoms. The maximum absolute atomic E-state index is 14.9. The van der Waals surface area contributed by atoms with Gasteiger partial charge in [-0.15, -0.1) is 0 Å². The Morgan fingerprint density at radius 2 is 0.698 bits per heavy atom. The zero-order valence-corrected chi connectivity index (χ0v) is 73.4. The van der Waals surface area contributed by atoms with Crippen molar-refractivity contribution in [2.45, 2.75) is 492 Å². The van der Waals surface area contributed by atoms with E-state index in [9.17, 15) is 74.6 Å². The van der Waals surface area contributed by atoms with Crippen LogP contribution in [0.4, 0.5) is 0 Å². The van der Waals surface area contributed by atoms with Gasteiger partial charge in [-0.3, -0.25) is 28.2 Å². The third-order valence-corrected chi connectivity index (χ3v) is 23.8. The molecule has 10 N–H and O–H groups in total. The lowest BCUT2D eigenvalue weighted by atomic mass is 9.84. The maximum Gasteiger partial charge on any atom is 0.472 e. The first kappa shape index (κ1) is 107. The smallest absolute Gasteiger partial charge is 0.463 e. The van der Waals surface area contributed by atoms with Crippen LogP contribution in [0.1, 0.15) is 388 Å². The number of phosphoric acid groups is 1. The minimum absolute atomic E-state index is 0.0135. The van der Waals surface area contributed by atoms with E-state index in [1.807, 2.05) is 0 Å². The summed E-state index contributed by atoms with van der Waals surface area (Å²) in [5, 5.41) is 102. The fraction of sp³-hybridized carbons (Fsp3) is 0.911. The molecule has 19 atom stereocenters. The molecule has 0 aromatic heterocycles. The van der Waals surface area contributed by atoms with E-state index < -0.39 is 162 Å². The van der Waals surface area contributed by atoms with Crippen molar-refractivity contribution in [3.63, 3.8) is 0 Å². The summed E-state index contributed by atoms with van der Waals surface area (Å²) >= 11 is 0. The Morgan fingerprint density at radius 1 is 0.362 bits per heavy atom. The molecule has 3 rings (SSSR count). The second-order valence-electron chi connectivity index (χ2n) is 33.4. The summed E-state index contributed by atoms with van der Waals surface area (Å²) in [6.45, 7) is 7.88. The van der Waals surface area contributed by atoms with Crippen LogP contribution in [0.25, 0.3) is 0 Å². The van der Waals surface area contributed by atoms with E-state index in [4.69, 9.17) is 46.9 Å². The highest BCUT2D eigenvalue weighted by molar-refractivity contribution is 7.47. The van der Waals surface area contributed by atoms with Crippen molar-refractivity contribution in [3.8, 4) is 0 Å². The maximum atomic E-state index is 14.9. The number of allylic oxidation sites excluding steroid dienone is 4. The average Bonchev–Trinajstić information content (AvgIpc) is 0.754. The second kappa shape index (κ2) is 68.4. The van der Waals surface area contributed by atoms with Gasteiger partial charge in [0.2, 0.25) is 0 Å². The largest absolute Gasteiger partial charge is 0.472 e. The second-order valence-corrected chi connectivity index (χ2v) is 34.8. The van der Waals surface area contributed by atoms with E-state index in [0.717, 1.165) is 135 Å². The number of hydrogen-bond acceptors (Lipinski definition) is 24. The van der Waals surface area contributed by atoms with Crippen LogP contribution < -0.4 is 0 Å². The first-order chi connectivity index (χ1) is 56.1. The number of unbranched alkanes of at least 4 members (excludes halogenated alkanes) is 42. The summed E-state index contributed by atoms with van der Waals surface area (Å²) in [5.74, 6) is -2.30. The molecular formula is C90H165O25P. The van der Waals surface area contributed by atoms with Crippen LogP contribution in [0.15, 0.2) is 24.3 Å². The van der Waals surface area contributed by atoms with E-state index >= 15 is 0 Å². The summed E-state index contributed by atoms with van der Waals surface area (Å²) < 4.78 is 73.4. The van der Waals surface area contributed by atoms with Crippen molar-refractivity contribution in [1.29, 1.82) is 0 Å². The predicted octanol–water partition coefficient (Wildman–Crippen LogP) is 16.8. The minimum Gasteiger partial charge on any atom is -0.463 e. The number of phosphoric ester groups is 1. The van der Waals surface area contributed by atoms with Gasteiger partial charge in [-0.05, 0) is 83.0 Å². The lowest BCUT2D eigenvalue weighted by molar-refractivity contribution is -0.360. The van der Waals surface area contributed by atoms with Gasteiger partial charge >= 0.3 is 31.7 Å². The summed E-state index contributed by atoms with van der Waals surface area (Å²) in [6, 6.07) is 0. The molecule has 3 fully saturated rings. The van der Waals surface area contributed by atoms with Crippen LogP contribution >= 0.6 is 7.82 Å². The Morgan fingerprint density at radius 3 is 1.13 bits per heavy atom. The molecule has 0 aromatic rings. The lowest BCUT2D eigenvalue weighted by Gasteiger charge is -2.50. The zero-order valence-electron chi connectivity index (χ0n) is 72.5. The van der Waals surface area contributed by atoms with Gasteiger partial charge in [-0.25, -0.2) is 4.57 Å². The molecule has 0 bridgehead atoms. The standard InChI is InChI=1S/C90H165O25P/c1-6-10-14-18-22-25-28-31-32-35-38-41-44-52-58-64-76(95)112-85-81(100)82(101)86(113-89-83(102)79(98)77(96)71(65-91)110-89)88(87(85)114-90-84(103)80(99)78(97)72(111-90)68-107-74(93)62-56-50-46-45-48-54-60-69(5)59-53-47-21-17-13-9-4)115-116(104,105)108-67-70(109-75(94)63-57-51-43-40-37-34-30-27-24-20-16-12-8-3)66-106-73(92)61-55-49-42-39-36-33-29-26-23-19-15-11-7-2/h25,28,34,37,69-72,77-91,96-103H,6-24,26-27,29-33,35-36,38-68H2,1-5H3,(H,104,105)/b28-25-,37-34-. The van der Waals surface area contributed by atoms with E-state index in [0.29, 0.717) is 44.4 Å². The number of carbonyl (C=O) groups excluding carboxylic acids is 4. The van der Waals surface area contributed by atoms with Crippen molar-refractivity contribution in [3.05, 3.63) is 24.3 Å². The van der Waals surface area contributed by atoms with Gasteiger partial charge in [-0.2, -0.15) is 0 Å². The Hall–Kier alpha value is -3.05. The molecule has 1 aliphatic carbocycles. The van der Waals surface area contributed by atoms with Crippen LogP contribution in [-0.2, 0) is 70.7 Å². The van der Waals surface area contributed by atoms with Crippen LogP contribution in [0.2, 0.25) is 0 Å². The zero-order chi connectivity index (χ0) is 84.8. The average molecular weight is 1680 g/mol. The Labute approximate surface area is 698 Å². The molecule has 1 saturated carbocycles. The number of esters is 4. The van der Waals surface area contributed by atoms with Gasteiger partial charge in [0.25, 0.3) is 0 Å². The van der Waals surface area contributed by atoms with E-state index in [1.54, 1.807) is 0 Å². The molecule has 2 heterocycles. The predicted molar refractivity (Wildman–Crippen MR) is 449 cm³/mol. The fourth-order valence-corrected chi connectivity index (χ4v) is 16.3. The van der Waals surface area contributed by atoms with E-state index in [1.165, 1.54) is 154 Å². The van der Waals surface area contributed by atoms with Crippen molar-refractivity contribution >= 4 is 31.7 Å². The highest BCUT2D eigenvalue weighted by Crippen LogP contribution is 2.49. The highest BCUT2D eigenvalue weighted by atomic mass is 31.2. The van der Waals surface area contributed by atoms with Crippen molar-refractivity contribution < 1.29 is 122 Å². The SMILES string of the molecule is CCCCCC/C=C\CCCCCCCCCC(=O)OC1C(O)C(O)C(OC2OC(CO)C(O)C(O)C2O)C(OP(=O)(O)OCC(COC(=O)CCCCCCCCCCCCCCC)OC(=O)CCCCC/C=C\CCCCCCCC)C1OC1OC(COC(=O)CCCCCCCCC(C)CCCCCCCC)C(O)C(O)C1O.